The molecule has 2 rings (SSSR count). The average molecular weight is 285 g/mol. The van der Waals surface area contributed by atoms with E-state index in [1.807, 2.05) is 0 Å². The highest BCUT2D eigenvalue weighted by atomic mass is 19.2. The van der Waals surface area contributed by atoms with E-state index < -0.39 is 35.2 Å². The van der Waals surface area contributed by atoms with Gasteiger partial charge in [-0.2, -0.15) is 0 Å². The number of halogens is 2. The number of carboxylic acid groups (broad SMARTS) is 1. The molecule has 0 spiro atoms. The second-order valence-corrected chi connectivity index (χ2v) is 4.71. The van der Waals surface area contributed by atoms with Crippen molar-refractivity contribution in [2.75, 3.05) is 0 Å². The van der Waals surface area contributed by atoms with Crippen LogP contribution in [-0.2, 0) is 9.59 Å². The molecule has 1 aliphatic carbocycles. The molecule has 2 N–H and O–H groups in total. The molecule has 108 valence electrons. The van der Waals surface area contributed by atoms with Gasteiger partial charge in [-0.05, 0) is 31.9 Å². The maximum absolute atomic E-state index is 13.0. The van der Waals surface area contributed by atoms with E-state index in [0.29, 0.717) is 12.8 Å². The maximum atomic E-state index is 13.0. The molecule has 1 aromatic carbocycles. The highest BCUT2D eigenvalue weighted by Gasteiger charge is 2.52. The van der Waals surface area contributed by atoms with Gasteiger partial charge in [0, 0.05) is 6.07 Å². The number of rotatable bonds is 5. The third kappa shape index (κ3) is 2.87. The Kier molecular flexibility index (Phi) is 3.61. The zero-order chi connectivity index (χ0) is 14.9. The Balaban J connectivity index is 1.97. The molecule has 1 atom stereocenters. The summed E-state index contributed by atoms with van der Waals surface area (Å²) in [5.41, 5.74) is -1.21. The van der Waals surface area contributed by atoms with Gasteiger partial charge in [0.25, 0.3) is 5.91 Å². The molecule has 1 fully saturated rings. The molecule has 0 heterocycles. The van der Waals surface area contributed by atoms with Crippen molar-refractivity contribution < 1.29 is 28.2 Å². The standard InChI is InChI=1S/C13H13F2NO4/c1-7(11(17)16-13(4-5-13)12(18)19)20-8-2-3-9(14)10(15)6-8/h2-3,6-7H,4-5H2,1H3,(H,16,17)(H,18,19). The largest absolute Gasteiger partial charge is 0.481 e. The van der Waals surface area contributed by atoms with E-state index >= 15 is 0 Å². The minimum absolute atomic E-state index is 0.00766. The second-order valence-electron chi connectivity index (χ2n) is 4.71. The van der Waals surface area contributed by atoms with Crippen molar-refractivity contribution in [3.05, 3.63) is 29.8 Å². The van der Waals surface area contributed by atoms with Gasteiger partial charge in [-0.3, -0.25) is 4.79 Å². The number of hydrogen-bond donors (Lipinski definition) is 2. The Bertz CT molecular complexity index is 557. The summed E-state index contributed by atoms with van der Waals surface area (Å²) in [6.45, 7) is 1.40. The van der Waals surface area contributed by atoms with Gasteiger partial charge in [-0.15, -0.1) is 0 Å². The van der Waals surface area contributed by atoms with Gasteiger partial charge in [-0.1, -0.05) is 0 Å². The van der Waals surface area contributed by atoms with Crippen molar-refractivity contribution in [1.82, 2.24) is 5.32 Å². The SMILES string of the molecule is CC(Oc1ccc(F)c(F)c1)C(=O)NC1(C(=O)O)CC1. The molecule has 20 heavy (non-hydrogen) atoms. The van der Waals surface area contributed by atoms with E-state index in [9.17, 15) is 18.4 Å². The summed E-state index contributed by atoms with van der Waals surface area (Å²) in [4.78, 5) is 22.7. The van der Waals surface area contributed by atoms with E-state index in [2.05, 4.69) is 5.32 Å². The molecule has 1 unspecified atom stereocenters. The molecule has 1 saturated carbocycles. The summed E-state index contributed by atoms with van der Waals surface area (Å²) < 4.78 is 30.9. The molecule has 0 bridgehead atoms. The van der Waals surface area contributed by atoms with Crippen molar-refractivity contribution in [1.29, 1.82) is 0 Å². The van der Waals surface area contributed by atoms with Crippen LogP contribution in [-0.4, -0.2) is 28.6 Å². The number of benzene rings is 1. The number of ether oxygens (including phenoxy) is 1. The Morgan fingerprint density at radius 3 is 2.50 bits per heavy atom. The van der Waals surface area contributed by atoms with Crippen LogP contribution in [0.3, 0.4) is 0 Å². The Hall–Kier alpha value is -2.18. The first-order valence-corrected chi connectivity index (χ1v) is 6.01. The first-order chi connectivity index (χ1) is 9.34. The van der Waals surface area contributed by atoms with Gasteiger partial charge in [0.15, 0.2) is 17.7 Å². The molecular formula is C13H13F2NO4. The lowest BCUT2D eigenvalue weighted by Crippen LogP contribution is -2.48. The third-order valence-corrected chi connectivity index (χ3v) is 3.10. The number of carbonyl (C=O) groups excluding carboxylic acids is 1. The lowest BCUT2D eigenvalue weighted by Gasteiger charge is -2.18. The fraction of sp³-hybridized carbons (Fsp3) is 0.385. The van der Waals surface area contributed by atoms with Gasteiger partial charge >= 0.3 is 5.97 Å². The lowest BCUT2D eigenvalue weighted by molar-refractivity contribution is -0.144. The summed E-state index contributed by atoms with van der Waals surface area (Å²) >= 11 is 0. The minimum Gasteiger partial charge on any atom is -0.481 e. The molecule has 1 amide bonds. The monoisotopic (exact) mass is 285 g/mol. The molecule has 1 aromatic rings. The van der Waals surface area contributed by atoms with Crippen LogP contribution in [0.1, 0.15) is 19.8 Å². The molecule has 5 nitrogen and oxygen atoms in total. The van der Waals surface area contributed by atoms with Crippen LogP contribution in [0.5, 0.6) is 5.75 Å². The summed E-state index contributed by atoms with van der Waals surface area (Å²) in [6.07, 6.45) is -0.283. The summed E-state index contributed by atoms with van der Waals surface area (Å²) in [5, 5.41) is 11.3. The van der Waals surface area contributed by atoms with Crippen molar-refractivity contribution in [2.45, 2.75) is 31.4 Å². The van der Waals surface area contributed by atoms with Gasteiger partial charge in [0.2, 0.25) is 0 Å². The fourth-order valence-corrected chi connectivity index (χ4v) is 1.66. The molecule has 0 aromatic heterocycles. The van der Waals surface area contributed by atoms with Crippen LogP contribution in [0, 0.1) is 11.6 Å². The predicted octanol–water partition coefficient (Wildman–Crippen LogP) is 1.47. The van der Waals surface area contributed by atoms with E-state index in [0.717, 1.165) is 12.1 Å². The normalized spacial score (nSPS) is 17.1. The first kappa shape index (κ1) is 14.2. The van der Waals surface area contributed by atoms with E-state index in [1.54, 1.807) is 0 Å². The third-order valence-electron chi connectivity index (χ3n) is 3.10. The van der Waals surface area contributed by atoms with E-state index in [1.165, 1.54) is 13.0 Å². The van der Waals surface area contributed by atoms with Gasteiger partial charge < -0.3 is 15.2 Å². The summed E-state index contributed by atoms with van der Waals surface area (Å²) in [7, 11) is 0. The summed E-state index contributed by atoms with van der Waals surface area (Å²) in [5.74, 6) is -3.82. The van der Waals surface area contributed by atoms with E-state index in [4.69, 9.17) is 9.84 Å². The number of amides is 1. The van der Waals surface area contributed by atoms with E-state index in [-0.39, 0.29) is 5.75 Å². The Morgan fingerprint density at radius 1 is 1.35 bits per heavy atom. The van der Waals surface area contributed by atoms with Crippen LogP contribution in [0.15, 0.2) is 18.2 Å². The zero-order valence-corrected chi connectivity index (χ0v) is 10.7. The van der Waals surface area contributed by atoms with Crippen molar-refractivity contribution in [3.63, 3.8) is 0 Å². The smallest absolute Gasteiger partial charge is 0.329 e. The Labute approximate surface area is 113 Å². The molecular weight excluding hydrogens is 272 g/mol. The number of hydrogen-bond acceptors (Lipinski definition) is 3. The minimum atomic E-state index is -1.21. The molecule has 0 saturated heterocycles. The number of carbonyl (C=O) groups is 2. The Morgan fingerprint density at radius 2 is 2.00 bits per heavy atom. The zero-order valence-electron chi connectivity index (χ0n) is 10.7. The topological polar surface area (TPSA) is 75.6 Å². The van der Waals surface area contributed by atoms with Gasteiger partial charge in [0.1, 0.15) is 11.3 Å². The number of aliphatic carboxylic acids is 1. The highest BCUT2D eigenvalue weighted by molar-refractivity contribution is 5.91. The molecule has 0 aliphatic heterocycles. The lowest BCUT2D eigenvalue weighted by atomic mass is 10.2. The predicted molar refractivity (Wildman–Crippen MR) is 64.2 cm³/mol. The number of nitrogens with one attached hydrogen (secondary N) is 1. The molecule has 0 radical (unpaired) electrons. The van der Waals surface area contributed by atoms with Crippen molar-refractivity contribution >= 4 is 11.9 Å². The van der Waals surface area contributed by atoms with Crippen LogP contribution >= 0.6 is 0 Å². The van der Waals surface area contributed by atoms with Gasteiger partial charge in [-0.25, -0.2) is 13.6 Å². The second kappa shape index (κ2) is 5.07. The van der Waals surface area contributed by atoms with Crippen LogP contribution in [0.25, 0.3) is 0 Å². The average Bonchev–Trinajstić information content (AvgIpc) is 3.14. The van der Waals surface area contributed by atoms with Crippen LogP contribution in [0.2, 0.25) is 0 Å². The van der Waals surface area contributed by atoms with Crippen molar-refractivity contribution in [3.8, 4) is 5.75 Å². The first-order valence-electron chi connectivity index (χ1n) is 6.01. The van der Waals surface area contributed by atoms with Crippen LogP contribution < -0.4 is 10.1 Å². The number of carboxylic acids is 1. The molecule has 7 heteroatoms. The van der Waals surface area contributed by atoms with Crippen molar-refractivity contribution in [2.24, 2.45) is 0 Å². The maximum Gasteiger partial charge on any atom is 0.329 e. The fourth-order valence-electron chi connectivity index (χ4n) is 1.66. The quantitative estimate of drug-likeness (QED) is 0.859. The molecule has 1 aliphatic rings. The van der Waals surface area contributed by atoms with Crippen LogP contribution in [0.4, 0.5) is 8.78 Å². The van der Waals surface area contributed by atoms with Gasteiger partial charge in [0.05, 0.1) is 0 Å². The highest BCUT2D eigenvalue weighted by Crippen LogP contribution is 2.35. The summed E-state index contributed by atoms with van der Waals surface area (Å²) in [6, 6.07) is 2.89.